The Morgan fingerprint density at radius 1 is 1.38 bits per heavy atom. The molecule has 0 radical (unpaired) electrons. The van der Waals surface area contributed by atoms with Gasteiger partial charge in [-0.3, -0.25) is 9.59 Å². The Hall–Kier alpha value is -1.14. The van der Waals surface area contributed by atoms with Crippen molar-refractivity contribution in [3.8, 4) is 0 Å². The molecule has 6 nitrogen and oxygen atoms in total. The van der Waals surface area contributed by atoms with Crippen LogP contribution < -0.4 is 16.4 Å². The second kappa shape index (κ2) is 5.81. The van der Waals surface area contributed by atoms with Crippen LogP contribution in [0.2, 0.25) is 0 Å². The van der Waals surface area contributed by atoms with E-state index in [9.17, 15) is 9.59 Å². The van der Waals surface area contributed by atoms with E-state index in [0.29, 0.717) is 26.1 Å². The Kier molecular flexibility index (Phi) is 4.70. The second-order valence-corrected chi connectivity index (χ2v) is 3.95. The second-order valence-electron chi connectivity index (χ2n) is 3.95. The smallest absolute Gasteiger partial charge is 0.239 e. The summed E-state index contributed by atoms with van der Waals surface area (Å²) in [7, 11) is 1.53. The maximum Gasteiger partial charge on any atom is 0.239 e. The molecule has 0 aromatic heterocycles. The highest BCUT2D eigenvalue weighted by atomic mass is 16.5. The van der Waals surface area contributed by atoms with Crippen molar-refractivity contribution in [1.29, 1.82) is 0 Å². The van der Waals surface area contributed by atoms with E-state index in [2.05, 4.69) is 10.6 Å². The summed E-state index contributed by atoms with van der Waals surface area (Å²) in [6.07, 6.45) is 1.23. The van der Waals surface area contributed by atoms with Crippen molar-refractivity contribution < 1.29 is 14.3 Å². The minimum atomic E-state index is -0.563. The van der Waals surface area contributed by atoms with Crippen LogP contribution in [0.3, 0.4) is 0 Å². The highest BCUT2D eigenvalue weighted by Crippen LogP contribution is 2.29. The third-order valence-electron chi connectivity index (χ3n) is 3.01. The van der Waals surface area contributed by atoms with E-state index in [1.165, 1.54) is 7.05 Å². The number of carbonyl (C=O) groups excluding carboxylic acids is 2. The van der Waals surface area contributed by atoms with Gasteiger partial charge in [0.05, 0.1) is 12.0 Å². The van der Waals surface area contributed by atoms with E-state index in [0.717, 1.165) is 0 Å². The standard InChI is InChI=1S/C10H19N3O3/c1-12-8(14)6-13-9(15)10(7-11)2-4-16-5-3-10/h2-7,11H2,1H3,(H,12,14)(H,13,15). The van der Waals surface area contributed by atoms with Gasteiger partial charge in [-0.05, 0) is 12.8 Å². The summed E-state index contributed by atoms with van der Waals surface area (Å²) in [5, 5.41) is 5.05. The van der Waals surface area contributed by atoms with Crippen molar-refractivity contribution in [2.75, 3.05) is 33.4 Å². The van der Waals surface area contributed by atoms with E-state index >= 15 is 0 Å². The fraction of sp³-hybridized carbons (Fsp3) is 0.800. The molecule has 0 aromatic rings. The number of amides is 2. The van der Waals surface area contributed by atoms with Gasteiger partial charge in [-0.25, -0.2) is 0 Å². The molecule has 2 amide bonds. The molecule has 0 saturated carbocycles. The summed E-state index contributed by atoms with van der Waals surface area (Å²) in [5.41, 5.74) is 5.10. The maximum absolute atomic E-state index is 11.9. The van der Waals surface area contributed by atoms with Gasteiger partial charge in [-0.15, -0.1) is 0 Å². The molecule has 1 aliphatic rings. The lowest BCUT2D eigenvalue weighted by Crippen LogP contribution is -2.50. The summed E-state index contributed by atoms with van der Waals surface area (Å²) in [6.45, 7) is 1.38. The molecule has 4 N–H and O–H groups in total. The zero-order valence-corrected chi connectivity index (χ0v) is 9.54. The van der Waals surface area contributed by atoms with Crippen LogP contribution in [0.15, 0.2) is 0 Å². The van der Waals surface area contributed by atoms with Gasteiger partial charge in [0, 0.05) is 26.8 Å². The number of likely N-dealkylation sites (N-methyl/N-ethyl adjacent to an activating group) is 1. The average molecular weight is 229 g/mol. The monoisotopic (exact) mass is 229 g/mol. The predicted molar refractivity (Wildman–Crippen MR) is 58.6 cm³/mol. The predicted octanol–water partition coefficient (Wildman–Crippen LogP) is -1.40. The lowest BCUT2D eigenvalue weighted by Gasteiger charge is -2.34. The van der Waals surface area contributed by atoms with Gasteiger partial charge in [0.25, 0.3) is 0 Å². The van der Waals surface area contributed by atoms with Gasteiger partial charge in [-0.2, -0.15) is 0 Å². The van der Waals surface area contributed by atoms with Gasteiger partial charge in [0.15, 0.2) is 0 Å². The number of hydrogen-bond acceptors (Lipinski definition) is 4. The lowest BCUT2D eigenvalue weighted by molar-refractivity contribution is -0.137. The van der Waals surface area contributed by atoms with Crippen molar-refractivity contribution in [3.63, 3.8) is 0 Å². The molecule has 0 aromatic carbocycles. The third kappa shape index (κ3) is 2.93. The summed E-state index contributed by atoms with van der Waals surface area (Å²) in [5.74, 6) is -0.366. The van der Waals surface area contributed by atoms with Crippen LogP contribution in [0.4, 0.5) is 0 Å². The average Bonchev–Trinajstić information content (AvgIpc) is 2.36. The minimum absolute atomic E-state index is 0.00204. The molecule has 0 spiro atoms. The first kappa shape index (κ1) is 12.9. The molecule has 1 heterocycles. The molecule has 92 valence electrons. The van der Waals surface area contributed by atoms with Crippen molar-refractivity contribution in [2.24, 2.45) is 11.1 Å². The van der Waals surface area contributed by atoms with Crippen LogP contribution in [0, 0.1) is 5.41 Å². The summed E-state index contributed by atoms with van der Waals surface area (Å²) < 4.78 is 5.21. The van der Waals surface area contributed by atoms with Crippen LogP contribution in [0.5, 0.6) is 0 Å². The lowest BCUT2D eigenvalue weighted by atomic mass is 9.79. The number of nitrogens with two attached hydrogens (primary N) is 1. The number of carbonyl (C=O) groups is 2. The molecule has 1 aliphatic heterocycles. The van der Waals surface area contributed by atoms with E-state index < -0.39 is 5.41 Å². The van der Waals surface area contributed by atoms with E-state index in [1.54, 1.807) is 0 Å². The Morgan fingerprint density at radius 3 is 2.50 bits per heavy atom. The van der Waals surface area contributed by atoms with E-state index in [1.807, 2.05) is 0 Å². The summed E-state index contributed by atoms with van der Waals surface area (Å²) in [6, 6.07) is 0. The Bertz CT molecular complexity index is 262. The molecule has 1 saturated heterocycles. The topological polar surface area (TPSA) is 93.5 Å². The first-order valence-electron chi connectivity index (χ1n) is 5.41. The van der Waals surface area contributed by atoms with Crippen molar-refractivity contribution >= 4 is 11.8 Å². The molecule has 0 unspecified atom stereocenters. The van der Waals surface area contributed by atoms with Gasteiger partial charge in [0.2, 0.25) is 11.8 Å². The number of hydrogen-bond donors (Lipinski definition) is 3. The molecule has 0 bridgehead atoms. The van der Waals surface area contributed by atoms with Crippen LogP contribution in [-0.4, -0.2) is 45.2 Å². The largest absolute Gasteiger partial charge is 0.381 e. The van der Waals surface area contributed by atoms with Crippen molar-refractivity contribution in [2.45, 2.75) is 12.8 Å². The van der Waals surface area contributed by atoms with Crippen LogP contribution in [0.25, 0.3) is 0 Å². The van der Waals surface area contributed by atoms with Gasteiger partial charge in [0.1, 0.15) is 0 Å². The Morgan fingerprint density at radius 2 is 2.00 bits per heavy atom. The fourth-order valence-electron chi connectivity index (χ4n) is 1.72. The van der Waals surface area contributed by atoms with Crippen LogP contribution in [-0.2, 0) is 14.3 Å². The zero-order valence-electron chi connectivity index (χ0n) is 9.54. The molecular formula is C10H19N3O3. The Labute approximate surface area is 94.9 Å². The number of ether oxygens (including phenoxy) is 1. The number of rotatable bonds is 4. The van der Waals surface area contributed by atoms with Crippen LogP contribution in [0.1, 0.15) is 12.8 Å². The van der Waals surface area contributed by atoms with Gasteiger partial charge >= 0.3 is 0 Å². The first-order chi connectivity index (χ1) is 7.64. The molecular weight excluding hydrogens is 210 g/mol. The summed E-state index contributed by atoms with van der Waals surface area (Å²) in [4.78, 5) is 23.0. The molecule has 6 heteroatoms. The molecule has 1 fully saturated rings. The first-order valence-corrected chi connectivity index (χ1v) is 5.41. The summed E-state index contributed by atoms with van der Waals surface area (Å²) >= 11 is 0. The Balaban J connectivity index is 2.51. The highest BCUT2D eigenvalue weighted by molar-refractivity contribution is 5.88. The molecule has 0 aliphatic carbocycles. The van der Waals surface area contributed by atoms with Crippen molar-refractivity contribution in [3.05, 3.63) is 0 Å². The third-order valence-corrected chi connectivity index (χ3v) is 3.01. The van der Waals surface area contributed by atoms with E-state index in [-0.39, 0.29) is 24.9 Å². The molecule has 1 rings (SSSR count). The van der Waals surface area contributed by atoms with Gasteiger partial charge < -0.3 is 21.1 Å². The van der Waals surface area contributed by atoms with Crippen molar-refractivity contribution in [1.82, 2.24) is 10.6 Å². The normalized spacial score (nSPS) is 18.9. The maximum atomic E-state index is 11.9. The van der Waals surface area contributed by atoms with E-state index in [4.69, 9.17) is 10.5 Å². The fourth-order valence-corrected chi connectivity index (χ4v) is 1.72. The molecule has 0 atom stereocenters. The quantitative estimate of drug-likeness (QED) is 0.553. The number of nitrogens with one attached hydrogen (secondary N) is 2. The zero-order chi connectivity index (χ0) is 12.0. The van der Waals surface area contributed by atoms with Gasteiger partial charge in [-0.1, -0.05) is 0 Å². The SMILES string of the molecule is CNC(=O)CNC(=O)C1(CN)CCOCC1. The van der Waals surface area contributed by atoms with Crippen LogP contribution >= 0.6 is 0 Å². The highest BCUT2D eigenvalue weighted by Gasteiger charge is 2.38. The molecule has 16 heavy (non-hydrogen) atoms. The minimum Gasteiger partial charge on any atom is -0.381 e.